The summed E-state index contributed by atoms with van der Waals surface area (Å²) in [4.78, 5) is 15.2. The molecule has 3 aliphatic rings. The Hall–Kier alpha value is -0.280. The number of likely N-dealkylation sites (tertiary alicyclic amines) is 1. The maximum Gasteiger partial charge on any atom is 0.226 e. The van der Waals surface area contributed by atoms with E-state index < -0.39 is 0 Å². The Balaban J connectivity index is 0.00000176. The second-order valence-corrected chi connectivity index (χ2v) is 7.60. The van der Waals surface area contributed by atoms with E-state index in [1.807, 2.05) is 0 Å². The van der Waals surface area contributed by atoms with Gasteiger partial charge in [0.05, 0.1) is 0 Å². The predicted octanol–water partition coefficient (Wildman–Crippen LogP) is 3.74. The fourth-order valence-corrected chi connectivity index (χ4v) is 5.04. The van der Waals surface area contributed by atoms with Crippen LogP contribution in [-0.2, 0) is 4.79 Å². The van der Waals surface area contributed by atoms with Gasteiger partial charge in [0.25, 0.3) is 0 Å². The number of halogens is 1. The lowest BCUT2D eigenvalue weighted by molar-refractivity contribution is -0.137. The van der Waals surface area contributed by atoms with E-state index >= 15 is 0 Å². The number of nitrogens with two attached hydrogens (primary N) is 1. The molecule has 0 spiro atoms. The molecular weight excluding hydrogens is 296 g/mol. The van der Waals surface area contributed by atoms with Gasteiger partial charge >= 0.3 is 0 Å². The van der Waals surface area contributed by atoms with Crippen molar-refractivity contribution in [1.82, 2.24) is 4.90 Å². The largest absolute Gasteiger partial charge is 0.339 e. The highest BCUT2D eigenvalue weighted by atomic mass is 35.5. The number of carbonyl (C=O) groups is 1. The number of amides is 1. The molecule has 0 aromatic heterocycles. The first-order valence-electron chi connectivity index (χ1n) is 9.30. The molecule has 1 heterocycles. The zero-order chi connectivity index (χ0) is 14.7. The molecule has 2 saturated carbocycles. The molecule has 0 bridgehead atoms. The van der Waals surface area contributed by atoms with Gasteiger partial charge in [-0.3, -0.25) is 4.79 Å². The fourth-order valence-electron chi connectivity index (χ4n) is 5.04. The minimum atomic E-state index is 0. The molecular formula is C18H33ClN2O. The molecule has 1 unspecified atom stereocenters. The highest BCUT2D eigenvalue weighted by molar-refractivity contribution is 5.85. The first-order valence-corrected chi connectivity index (χ1v) is 9.30. The quantitative estimate of drug-likeness (QED) is 0.854. The van der Waals surface area contributed by atoms with Crippen molar-refractivity contribution in [2.75, 3.05) is 13.1 Å². The average molecular weight is 329 g/mol. The highest BCUT2D eigenvalue weighted by Gasteiger charge is 2.39. The summed E-state index contributed by atoms with van der Waals surface area (Å²) in [6.07, 6.45) is 14.2. The van der Waals surface area contributed by atoms with Crippen LogP contribution in [0.15, 0.2) is 0 Å². The lowest BCUT2D eigenvalue weighted by Crippen LogP contribution is -2.42. The van der Waals surface area contributed by atoms with E-state index in [0.717, 1.165) is 25.3 Å². The van der Waals surface area contributed by atoms with Crippen LogP contribution in [0.5, 0.6) is 0 Å². The summed E-state index contributed by atoms with van der Waals surface area (Å²) in [6, 6.07) is 0.541. The zero-order valence-corrected chi connectivity index (χ0v) is 14.7. The summed E-state index contributed by atoms with van der Waals surface area (Å²) in [5.41, 5.74) is 5.87. The van der Waals surface area contributed by atoms with Crippen LogP contribution >= 0.6 is 12.4 Å². The molecule has 4 heteroatoms. The van der Waals surface area contributed by atoms with Crippen molar-refractivity contribution in [3.63, 3.8) is 0 Å². The molecule has 22 heavy (non-hydrogen) atoms. The van der Waals surface area contributed by atoms with Crippen molar-refractivity contribution in [3.8, 4) is 0 Å². The van der Waals surface area contributed by atoms with Gasteiger partial charge in [-0.05, 0) is 50.5 Å². The van der Waals surface area contributed by atoms with Crippen LogP contribution in [-0.4, -0.2) is 29.9 Å². The Morgan fingerprint density at radius 1 is 0.955 bits per heavy atom. The first kappa shape index (κ1) is 18.1. The average Bonchev–Trinajstić information content (AvgIpc) is 3.16. The van der Waals surface area contributed by atoms with Gasteiger partial charge in [0.1, 0.15) is 0 Å². The van der Waals surface area contributed by atoms with Crippen LogP contribution < -0.4 is 5.73 Å². The molecule has 1 aliphatic heterocycles. The number of carbonyl (C=O) groups excluding carboxylic acids is 1. The first-order chi connectivity index (χ1) is 10.3. The summed E-state index contributed by atoms with van der Waals surface area (Å²) in [6.45, 7) is 1.70. The summed E-state index contributed by atoms with van der Waals surface area (Å²) >= 11 is 0. The second kappa shape index (κ2) is 8.54. The fraction of sp³-hybridized carbons (Fsp3) is 0.944. The Labute approximate surface area is 141 Å². The van der Waals surface area contributed by atoms with E-state index in [9.17, 15) is 4.79 Å². The lowest BCUT2D eigenvalue weighted by Gasteiger charge is -2.32. The summed E-state index contributed by atoms with van der Waals surface area (Å²) in [5, 5.41) is 0. The number of hydrogen-bond acceptors (Lipinski definition) is 2. The molecule has 2 N–H and O–H groups in total. The van der Waals surface area contributed by atoms with E-state index in [2.05, 4.69) is 4.90 Å². The number of hydrogen-bond donors (Lipinski definition) is 1. The molecule has 0 aromatic carbocycles. The monoisotopic (exact) mass is 328 g/mol. The Morgan fingerprint density at radius 3 is 2.45 bits per heavy atom. The van der Waals surface area contributed by atoms with Crippen molar-refractivity contribution in [1.29, 1.82) is 0 Å². The van der Waals surface area contributed by atoms with E-state index in [0.29, 0.717) is 24.4 Å². The summed E-state index contributed by atoms with van der Waals surface area (Å²) < 4.78 is 0. The number of rotatable bonds is 4. The van der Waals surface area contributed by atoms with Crippen LogP contribution in [0.3, 0.4) is 0 Å². The van der Waals surface area contributed by atoms with Crippen molar-refractivity contribution in [3.05, 3.63) is 0 Å². The molecule has 3 rings (SSSR count). The third-order valence-corrected chi connectivity index (χ3v) is 6.27. The third kappa shape index (κ3) is 3.97. The van der Waals surface area contributed by atoms with Gasteiger partial charge < -0.3 is 10.6 Å². The van der Waals surface area contributed by atoms with Gasteiger partial charge in [0, 0.05) is 18.5 Å². The molecule has 0 radical (unpaired) electrons. The van der Waals surface area contributed by atoms with Crippen molar-refractivity contribution in [2.45, 2.75) is 76.7 Å². The minimum absolute atomic E-state index is 0. The third-order valence-electron chi connectivity index (χ3n) is 6.27. The van der Waals surface area contributed by atoms with Crippen LogP contribution in [0.4, 0.5) is 0 Å². The van der Waals surface area contributed by atoms with E-state index in [1.54, 1.807) is 0 Å². The topological polar surface area (TPSA) is 46.3 Å². The van der Waals surface area contributed by atoms with Crippen LogP contribution in [0, 0.1) is 17.8 Å². The van der Waals surface area contributed by atoms with Gasteiger partial charge in [0.15, 0.2) is 0 Å². The number of nitrogens with zero attached hydrogens (tertiary/aromatic N) is 1. The van der Waals surface area contributed by atoms with Gasteiger partial charge in [-0.15, -0.1) is 12.4 Å². The maximum absolute atomic E-state index is 12.9. The summed E-state index contributed by atoms with van der Waals surface area (Å²) in [7, 11) is 0. The lowest BCUT2D eigenvalue weighted by atomic mass is 9.84. The van der Waals surface area contributed by atoms with Crippen molar-refractivity contribution < 1.29 is 4.79 Å². The molecule has 0 aromatic rings. The molecule has 3 atom stereocenters. The van der Waals surface area contributed by atoms with Crippen LogP contribution in [0.2, 0.25) is 0 Å². The van der Waals surface area contributed by atoms with Crippen molar-refractivity contribution in [2.24, 2.45) is 23.5 Å². The summed E-state index contributed by atoms with van der Waals surface area (Å²) in [5.74, 6) is 2.02. The van der Waals surface area contributed by atoms with Gasteiger partial charge in [0.2, 0.25) is 5.91 Å². The standard InChI is InChI=1S/C18H32N2O.ClH/c19-13-15-8-4-10-17(15)18(21)20-11-5-9-16(20)12-14-6-2-1-3-7-14;/h14-17H,1-13,19H2;1H/t15-,16?,17-;/m1./s1. The SMILES string of the molecule is Cl.NC[C@H]1CCC[C@H]1C(=O)N1CCCC1CC1CCCCC1. The molecule has 2 aliphatic carbocycles. The molecule has 1 saturated heterocycles. The van der Waals surface area contributed by atoms with E-state index in [4.69, 9.17) is 5.73 Å². The smallest absolute Gasteiger partial charge is 0.226 e. The van der Waals surface area contributed by atoms with E-state index in [-0.39, 0.29) is 18.3 Å². The second-order valence-electron chi connectivity index (χ2n) is 7.60. The predicted molar refractivity (Wildman–Crippen MR) is 93.1 cm³/mol. The van der Waals surface area contributed by atoms with Crippen LogP contribution in [0.25, 0.3) is 0 Å². The Kier molecular flexibility index (Phi) is 7.01. The molecule has 3 fully saturated rings. The minimum Gasteiger partial charge on any atom is -0.339 e. The van der Waals surface area contributed by atoms with Crippen LogP contribution in [0.1, 0.15) is 70.6 Å². The normalized spacial score (nSPS) is 33.0. The maximum atomic E-state index is 12.9. The molecule has 1 amide bonds. The van der Waals surface area contributed by atoms with Gasteiger partial charge in [-0.25, -0.2) is 0 Å². The van der Waals surface area contributed by atoms with Gasteiger partial charge in [-0.1, -0.05) is 38.5 Å². The Morgan fingerprint density at radius 2 is 1.73 bits per heavy atom. The van der Waals surface area contributed by atoms with Gasteiger partial charge in [-0.2, -0.15) is 0 Å². The van der Waals surface area contributed by atoms with E-state index in [1.165, 1.54) is 57.8 Å². The molecule has 3 nitrogen and oxygen atoms in total. The Bertz CT molecular complexity index is 357. The molecule has 128 valence electrons. The zero-order valence-electron chi connectivity index (χ0n) is 13.8. The highest BCUT2D eigenvalue weighted by Crippen LogP contribution is 2.37. The van der Waals surface area contributed by atoms with Crippen molar-refractivity contribution >= 4 is 18.3 Å².